The summed E-state index contributed by atoms with van der Waals surface area (Å²) in [5.74, 6) is 0.444. The molecule has 0 radical (unpaired) electrons. The van der Waals surface area contributed by atoms with E-state index in [2.05, 4.69) is 31.2 Å². The third kappa shape index (κ3) is 2.32. The summed E-state index contributed by atoms with van der Waals surface area (Å²) in [5.41, 5.74) is -1.07. The van der Waals surface area contributed by atoms with Crippen LogP contribution in [-0.2, 0) is 5.54 Å². The van der Waals surface area contributed by atoms with E-state index in [1.807, 2.05) is 6.92 Å². The molecule has 1 aliphatic carbocycles. The van der Waals surface area contributed by atoms with Crippen molar-refractivity contribution in [1.29, 1.82) is 0 Å². The van der Waals surface area contributed by atoms with Gasteiger partial charge in [-0.25, -0.2) is 14.8 Å². The maximum atomic E-state index is 10.9. The molecule has 0 aliphatic heterocycles. The number of aliphatic hydroxyl groups is 1. The number of nitrogens with one attached hydrogen (secondary N) is 1. The van der Waals surface area contributed by atoms with Crippen LogP contribution in [0, 0.1) is 5.41 Å². The SMILES string of the molecule is CC1(CO)CC(NC(=O)O)(c2ncc(Br)cn2)C1. The molecular weight excluding hydrogens is 302 g/mol. The molecule has 0 unspecified atom stereocenters. The molecule has 1 fully saturated rings. The summed E-state index contributed by atoms with van der Waals surface area (Å²) in [4.78, 5) is 19.2. The Morgan fingerprint density at radius 1 is 1.50 bits per heavy atom. The van der Waals surface area contributed by atoms with Gasteiger partial charge in [0.25, 0.3) is 0 Å². The van der Waals surface area contributed by atoms with Gasteiger partial charge in [0.2, 0.25) is 0 Å². The topological polar surface area (TPSA) is 95.3 Å². The first-order chi connectivity index (χ1) is 8.39. The average Bonchev–Trinajstić information content (AvgIpc) is 2.26. The van der Waals surface area contributed by atoms with E-state index in [-0.39, 0.29) is 12.0 Å². The molecule has 18 heavy (non-hydrogen) atoms. The van der Waals surface area contributed by atoms with Crippen LogP contribution >= 0.6 is 15.9 Å². The lowest BCUT2D eigenvalue weighted by atomic mass is 9.58. The fraction of sp³-hybridized carbons (Fsp3) is 0.545. The van der Waals surface area contributed by atoms with Gasteiger partial charge in [-0.3, -0.25) is 0 Å². The zero-order valence-electron chi connectivity index (χ0n) is 9.85. The Morgan fingerprint density at radius 2 is 2.06 bits per heavy atom. The van der Waals surface area contributed by atoms with Crippen LogP contribution in [0.1, 0.15) is 25.6 Å². The summed E-state index contributed by atoms with van der Waals surface area (Å²) in [6.45, 7) is 1.93. The standard InChI is InChI=1S/C11H14BrN3O3/c1-10(6-16)4-11(5-10,15-9(17)18)8-13-2-7(12)3-14-8/h2-3,15-16H,4-6H2,1H3,(H,17,18). The minimum atomic E-state index is -1.11. The number of carboxylic acid groups (broad SMARTS) is 1. The molecule has 98 valence electrons. The van der Waals surface area contributed by atoms with Crippen molar-refractivity contribution in [2.75, 3.05) is 6.61 Å². The molecule has 6 nitrogen and oxygen atoms in total. The smallest absolute Gasteiger partial charge is 0.405 e. The molecule has 1 saturated carbocycles. The fourth-order valence-electron chi connectivity index (χ4n) is 2.58. The summed E-state index contributed by atoms with van der Waals surface area (Å²) in [7, 11) is 0. The maximum absolute atomic E-state index is 10.9. The van der Waals surface area contributed by atoms with Gasteiger partial charge in [-0.1, -0.05) is 6.92 Å². The summed E-state index contributed by atoms with van der Waals surface area (Å²) < 4.78 is 0.737. The van der Waals surface area contributed by atoms with Crippen LogP contribution in [0.15, 0.2) is 16.9 Å². The minimum Gasteiger partial charge on any atom is -0.465 e. The zero-order valence-corrected chi connectivity index (χ0v) is 11.4. The monoisotopic (exact) mass is 315 g/mol. The largest absolute Gasteiger partial charge is 0.465 e. The second-order valence-corrected chi connectivity index (χ2v) is 5.98. The highest BCUT2D eigenvalue weighted by atomic mass is 79.9. The summed E-state index contributed by atoms with van der Waals surface area (Å²) in [6, 6.07) is 0. The highest BCUT2D eigenvalue weighted by Gasteiger charge is 2.55. The molecule has 0 atom stereocenters. The van der Waals surface area contributed by atoms with E-state index in [1.165, 1.54) is 0 Å². The van der Waals surface area contributed by atoms with Crippen LogP contribution < -0.4 is 5.32 Å². The summed E-state index contributed by atoms with van der Waals surface area (Å²) >= 11 is 3.24. The van der Waals surface area contributed by atoms with Gasteiger partial charge in [0.05, 0.1) is 4.47 Å². The Hall–Kier alpha value is -1.21. The fourth-order valence-corrected chi connectivity index (χ4v) is 2.79. The van der Waals surface area contributed by atoms with Gasteiger partial charge < -0.3 is 15.5 Å². The van der Waals surface area contributed by atoms with Gasteiger partial charge in [-0.05, 0) is 34.2 Å². The molecule has 2 rings (SSSR count). The molecule has 0 spiro atoms. The number of rotatable bonds is 3. The van der Waals surface area contributed by atoms with Gasteiger partial charge in [0, 0.05) is 19.0 Å². The van der Waals surface area contributed by atoms with E-state index in [0.717, 1.165) is 4.47 Å². The first-order valence-electron chi connectivity index (χ1n) is 5.49. The van der Waals surface area contributed by atoms with Crippen LogP contribution in [0.3, 0.4) is 0 Å². The minimum absolute atomic E-state index is 0.0204. The predicted octanol–water partition coefficient (Wildman–Crippen LogP) is 1.49. The quantitative estimate of drug-likeness (QED) is 0.785. The molecule has 1 aromatic rings. The zero-order chi connectivity index (χ0) is 13.4. The Labute approximate surface area is 113 Å². The number of aliphatic hydroxyl groups excluding tert-OH is 1. The molecular formula is C11H14BrN3O3. The van der Waals surface area contributed by atoms with Gasteiger partial charge in [0.1, 0.15) is 5.54 Å². The number of halogens is 1. The lowest BCUT2D eigenvalue weighted by Gasteiger charge is -2.52. The van der Waals surface area contributed by atoms with E-state index in [9.17, 15) is 9.90 Å². The van der Waals surface area contributed by atoms with Crippen LogP contribution in [0.4, 0.5) is 4.79 Å². The molecule has 1 aliphatic rings. The normalized spacial score (nSPS) is 30.6. The Morgan fingerprint density at radius 3 is 2.50 bits per heavy atom. The number of hydrogen-bond acceptors (Lipinski definition) is 4. The van der Waals surface area contributed by atoms with Crippen LogP contribution in [-0.4, -0.2) is 32.9 Å². The third-order valence-corrected chi connectivity index (χ3v) is 3.64. The van der Waals surface area contributed by atoms with E-state index < -0.39 is 11.6 Å². The highest BCUT2D eigenvalue weighted by Crippen LogP contribution is 2.52. The van der Waals surface area contributed by atoms with Gasteiger partial charge in [0.15, 0.2) is 5.82 Å². The van der Waals surface area contributed by atoms with Crippen molar-refractivity contribution in [3.05, 3.63) is 22.7 Å². The summed E-state index contributed by atoms with van der Waals surface area (Å²) in [5, 5.41) is 20.7. The lowest BCUT2D eigenvalue weighted by Crippen LogP contribution is -2.60. The number of hydrogen-bond donors (Lipinski definition) is 3. The van der Waals surface area contributed by atoms with Crippen LogP contribution in [0.2, 0.25) is 0 Å². The predicted molar refractivity (Wildman–Crippen MR) is 67.0 cm³/mol. The highest BCUT2D eigenvalue weighted by molar-refractivity contribution is 9.10. The molecule has 3 N–H and O–H groups in total. The lowest BCUT2D eigenvalue weighted by molar-refractivity contribution is -0.0327. The second-order valence-electron chi connectivity index (χ2n) is 5.06. The molecule has 7 heteroatoms. The Bertz CT molecular complexity index is 457. The van der Waals surface area contributed by atoms with E-state index in [0.29, 0.717) is 18.7 Å². The molecule has 1 heterocycles. The molecule has 0 aromatic carbocycles. The van der Waals surface area contributed by atoms with Crippen molar-refractivity contribution in [1.82, 2.24) is 15.3 Å². The van der Waals surface area contributed by atoms with Gasteiger partial charge >= 0.3 is 6.09 Å². The van der Waals surface area contributed by atoms with Crippen molar-refractivity contribution in [3.8, 4) is 0 Å². The van der Waals surface area contributed by atoms with E-state index in [1.54, 1.807) is 12.4 Å². The van der Waals surface area contributed by atoms with Crippen molar-refractivity contribution in [2.24, 2.45) is 5.41 Å². The van der Waals surface area contributed by atoms with Gasteiger partial charge in [-0.15, -0.1) is 0 Å². The summed E-state index contributed by atoms with van der Waals surface area (Å²) in [6.07, 6.45) is 3.04. The Kier molecular flexibility index (Phi) is 3.29. The van der Waals surface area contributed by atoms with Crippen molar-refractivity contribution in [3.63, 3.8) is 0 Å². The molecule has 0 saturated heterocycles. The van der Waals surface area contributed by atoms with Crippen molar-refractivity contribution in [2.45, 2.75) is 25.3 Å². The van der Waals surface area contributed by atoms with Crippen LogP contribution in [0.25, 0.3) is 0 Å². The van der Waals surface area contributed by atoms with E-state index >= 15 is 0 Å². The van der Waals surface area contributed by atoms with Crippen LogP contribution in [0.5, 0.6) is 0 Å². The first-order valence-corrected chi connectivity index (χ1v) is 6.28. The molecule has 1 amide bonds. The van der Waals surface area contributed by atoms with Crippen molar-refractivity contribution < 1.29 is 15.0 Å². The average molecular weight is 316 g/mol. The first kappa shape index (κ1) is 13.2. The number of carbonyl (C=O) groups is 1. The number of nitrogens with zero attached hydrogens (tertiary/aromatic N) is 2. The maximum Gasteiger partial charge on any atom is 0.405 e. The van der Waals surface area contributed by atoms with E-state index in [4.69, 9.17) is 5.11 Å². The number of amides is 1. The molecule has 1 aromatic heterocycles. The third-order valence-electron chi connectivity index (χ3n) is 3.23. The van der Waals surface area contributed by atoms with Crippen molar-refractivity contribution >= 4 is 22.0 Å². The molecule has 0 bridgehead atoms. The second kappa shape index (κ2) is 4.47. The van der Waals surface area contributed by atoms with Gasteiger partial charge in [-0.2, -0.15) is 0 Å². The Balaban J connectivity index is 2.28. The number of aromatic nitrogens is 2.